The van der Waals surface area contributed by atoms with E-state index in [4.69, 9.17) is 9.47 Å². The van der Waals surface area contributed by atoms with Crippen LogP contribution in [0.15, 0.2) is 0 Å². The summed E-state index contributed by atoms with van der Waals surface area (Å²) in [6, 6.07) is -1.16. The first kappa shape index (κ1) is 59.1. The van der Waals surface area contributed by atoms with Crippen LogP contribution in [0.3, 0.4) is 0 Å². The van der Waals surface area contributed by atoms with E-state index < -0.39 is 74.2 Å². The second-order valence-corrected chi connectivity index (χ2v) is 19.0. The number of aliphatic hydroxyl groups is 7. The van der Waals surface area contributed by atoms with E-state index in [0.717, 1.165) is 38.5 Å². The molecule has 1 aliphatic heterocycles. The van der Waals surface area contributed by atoms with Crippen LogP contribution in [0, 0.1) is 0 Å². The Morgan fingerprint density at radius 1 is 0.500 bits per heavy atom. The Kier molecular flexibility index (Phi) is 39.6. The molecular formula is C51H101NO10. The van der Waals surface area contributed by atoms with Gasteiger partial charge in [0.05, 0.1) is 25.4 Å². The van der Waals surface area contributed by atoms with Gasteiger partial charge in [0.2, 0.25) is 5.91 Å². The molecule has 0 saturated carbocycles. The van der Waals surface area contributed by atoms with E-state index in [-0.39, 0.29) is 6.42 Å². The summed E-state index contributed by atoms with van der Waals surface area (Å²) in [5.41, 5.74) is 0. The van der Waals surface area contributed by atoms with Gasteiger partial charge in [-0.05, 0) is 12.8 Å². The number of hydrogen-bond acceptors (Lipinski definition) is 10. The largest absolute Gasteiger partial charge is 0.394 e. The Morgan fingerprint density at radius 3 is 1.19 bits per heavy atom. The number of unbranched alkanes of at least 4 members (excludes halogenated alkanes) is 33. The molecule has 0 radical (unpaired) electrons. The minimum atomic E-state index is -1.66. The van der Waals surface area contributed by atoms with Crippen LogP contribution in [0.2, 0.25) is 0 Å². The molecule has 1 rings (SSSR count). The zero-order valence-electron chi connectivity index (χ0n) is 40.1. The van der Waals surface area contributed by atoms with Crippen molar-refractivity contribution >= 4 is 5.91 Å². The average molecular weight is 888 g/mol. The van der Waals surface area contributed by atoms with Crippen LogP contribution in [0.4, 0.5) is 0 Å². The summed E-state index contributed by atoms with van der Waals surface area (Å²) in [6.45, 7) is 3.48. The van der Waals surface area contributed by atoms with Crippen molar-refractivity contribution in [1.29, 1.82) is 0 Å². The molecule has 9 atom stereocenters. The smallest absolute Gasteiger partial charge is 0.249 e. The zero-order chi connectivity index (χ0) is 45.5. The molecule has 0 spiro atoms. The second-order valence-electron chi connectivity index (χ2n) is 19.0. The molecule has 11 nitrogen and oxygen atoms in total. The van der Waals surface area contributed by atoms with Crippen molar-refractivity contribution in [3.8, 4) is 0 Å². The fourth-order valence-corrected chi connectivity index (χ4v) is 8.80. The van der Waals surface area contributed by atoms with E-state index in [0.29, 0.717) is 19.3 Å². The Morgan fingerprint density at radius 2 is 0.839 bits per heavy atom. The standard InChI is InChI=1S/C51H101NO10/c1-3-5-7-9-11-13-15-17-19-21-23-25-27-29-31-33-35-37-39-44(55)50(60)52-42(41-61-51-49(59)48(58)47(57)45(40-53)62-51)46(56)43(54)38-36-34-32-30-28-26-24-22-20-18-16-14-12-10-8-6-4-2/h42-49,51,53-59H,3-41H2,1-2H3,(H,52,60). The Labute approximate surface area is 379 Å². The maximum absolute atomic E-state index is 13.1. The van der Waals surface area contributed by atoms with E-state index in [1.54, 1.807) is 0 Å². The molecule has 62 heavy (non-hydrogen) atoms. The molecule has 0 aromatic rings. The SMILES string of the molecule is CCCCCCCCCCCCCCCCCCCCC(O)C(=O)NC(COC1OC(CO)C(O)C(O)C1O)C(O)C(O)CCCCCCCCCCCCCCCCCCC. The van der Waals surface area contributed by atoms with Crippen LogP contribution in [-0.2, 0) is 14.3 Å². The first-order valence-electron chi connectivity index (χ1n) is 26.4. The highest BCUT2D eigenvalue weighted by molar-refractivity contribution is 5.80. The molecule has 0 aromatic carbocycles. The molecule has 11 heteroatoms. The van der Waals surface area contributed by atoms with Gasteiger partial charge < -0.3 is 50.5 Å². The lowest BCUT2D eigenvalue weighted by molar-refractivity contribution is -0.303. The van der Waals surface area contributed by atoms with Gasteiger partial charge in [-0.2, -0.15) is 0 Å². The highest BCUT2D eigenvalue weighted by Crippen LogP contribution is 2.23. The molecule has 1 saturated heterocycles. The second kappa shape index (κ2) is 41.5. The topological polar surface area (TPSA) is 189 Å². The maximum Gasteiger partial charge on any atom is 0.249 e. The number of aliphatic hydroxyl groups excluding tert-OH is 7. The number of ether oxygens (including phenoxy) is 2. The third kappa shape index (κ3) is 30.3. The number of carbonyl (C=O) groups is 1. The van der Waals surface area contributed by atoms with Gasteiger partial charge in [-0.15, -0.1) is 0 Å². The third-order valence-corrected chi connectivity index (χ3v) is 13.2. The molecule has 1 amide bonds. The summed E-state index contributed by atoms with van der Waals surface area (Å²) in [4.78, 5) is 13.1. The molecule has 8 N–H and O–H groups in total. The van der Waals surface area contributed by atoms with E-state index in [1.807, 2.05) is 0 Å². The predicted octanol–water partition coefficient (Wildman–Crippen LogP) is 9.84. The highest BCUT2D eigenvalue weighted by Gasteiger charge is 2.44. The van der Waals surface area contributed by atoms with Gasteiger partial charge in [-0.1, -0.05) is 239 Å². The van der Waals surface area contributed by atoms with Gasteiger partial charge in [0.25, 0.3) is 0 Å². The first-order valence-corrected chi connectivity index (χ1v) is 26.4. The zero-order valence-corrected chi connectivity index (χ0v) is 40.1. The quantitative estimate of drug-likeness (QED) is 0.0273. The van der Waals surface area contributed by atoms with E-state index in [1.165, 1.54) is 173 Å². The van der Waals surface area contributed by atoms with Crippen molar-refractivity contribution in [2.75, 3.05) is 13.2 Å². The molecule has 1 aliphatic rings. The van der Waals surface area contributed by atoms with Crippen LogP contribution in [0.1, 0.15) is 251 Å². The molecular weight excluding hydrogens is 787 g/mol. The van der Waals surface area contributed by atoms with Crippen molar-refractivity contribution in [3.63, 3.8) is 0 Å². The maximum atomic E-state index is 13.1. The minimum absolute atomic E-state index is 0.267. The number of rotatable bonds is 45. The predicted molar refractivity (Wildman–Crippen MR) is 252 cm³/mol. The third-order valence-electron chi connectivity index (χ3n) is 13.2. The number of amides is 1. The van der Waals surface area contributed by atoms with Gasteiger partial charge in [0.1, 0.15) is 36.6 Å². The average Bonchev–Trinajstić information content (AvgIpc) is 3.27. The highest BCUT2D eigenvalue weighted by atomic mass is 16.7. The number of nitrogens with one attached hydrogen (secondary N) is 1. The van der Waals surface area contributed by atoms with Crippen LogP contribution in [0.5, 0.6) is 0 Å². The molecule has 1 fully saturated rings. The summed E-state index contributed by atoms with van der Waals surface area (Å²) in [5.74, 6) is -0.691. The molecule has 0 aliphatic carbocycles. The molecule has 0 bridgehead atoms. The summed E-state index contributed by atoms with van der Waals surface area (Å²) in [5, 5.41) is 76.0. The lowest BCUT2D eigenvalue weighted by Crippen LogP contribution is -2.60. The monoisotopic (exact) mass is 888 g/mol. The summed E-state index contributed by atoms with van der Waals surface area (Å²) in [6.07, 6.45) is 32.8. The van der Waals surface area contributed by atoms with Crippen molar-refractivity contribution in [1.82, 2.24) is 5.32 Å². The normalized spacial score (nSPS) is 21.2. The Bertz CT molecular complexity index is 975. The van der Waals surface area contributed by atoms with E-state index in [2.05, 4.69) is 19.2 Å². The van der Waals surface area contributed by atoms with Gasteiger partial charge in [0.15, 0.2) is 6.29 Å². The number of carbonyl (C=O) groups excluding carboxylic acids is 1. The lowest BCUT2D eigenvalue weighted by atomic mass is 9.98. The van der Waals surface area contributed by atoms with Gasteiger partial charge >= 0.3 is 0 Å². The van der Waals surface area contributed by atoms with E-state index >= 15 is 0 Å². The first-order chi connectivity index (χ1) is 30.2. The van der Waals surface area contributed by atoms with Crippen LogP contribution >= 0.6 is 0 Å². The molecule has 0 aromatic heterocycles. The van der Waals surface area contributed by atoms with Crippen molar-refractivity contribution in [2.45, 2.75) is 306 Å². The van der Waals surface area contributed by atoms with Crippen LogP contribution < -0.4 is 5.32 Å². The molecule has 370 valence electrons. The number of hydrogen-bond donors (Lipinski definition) is 8. The Hall–Kier alpha value is -0.890. The van der Waals surface area contributed by atoms with Crippen LogP contribution in [0.25, 0.3) is 0 Å². The molecule has 1 heterocycles. The molecule has 9 unspecified atom stereocenters. The lowest BCUT2D eigenvalue weighted by Gasteiger charge is -2.40. The summed E-state index contributed by atoms with van der Waals surface area (Å²) in [7, 11) is 0. The van der Waals surface area contributed by atoms with E-state index in [9.17, 15) is 40.5 Å². The van der Waals surface area contributed by atoms with Crippen LogP contribution in [-0.4, -0.2) is 110 Å². The van der Waals surface area contributed by atoms with Gasteiger partial charge in [-0.3, -0.25) is 4.79 Å². The minimum Gasteiger partial charge on any atom is -0.394 e. The summed E-state index contributed by atoms with van der Waals surface area (Å²) >= 11 is 0. The fourth-order valence-electron chi connectivity index (χ4n) is 8.80. The van der Waals surface area contributed by atoms with Crippen molar-refractivity contribution in [2.24, 2.45) is 0 Å². The summed E-state index contributed by atoms with van der Waals surface area (Å²) < 4.78 is 11.1. The van der Waals surface area contributed by atoms with Gasteiger partial charge in [-0.25, -0.2) is 0 Å². The fraction of sp³-hybridized carbons (Fsp3) is 0.980. The van der Waals surface area contributed by atoms with Crippen molar-refractivity contribution < 1.29 is 50.0 Å². The van der Waals surface area contributed by atoms with Gasteiger partial charge in [0, 0.05) is 0 Å². The van der Waals surface area contributed by atoms with Crippen molar-refractivity contribution in [3.05, 3.63) is 0 Å². The Balaban J connectivity index is 2.37.